The van der Waals surface area contributed by atoms with E-state index in [9.17, 15) is 4.79 Å². The largest absolute Gasteiger partial charge is 0.481 e. The number of rotatable bonds is 5. The highest BCUT2D eigenvalue weighted by Gasteiger charge is 2.24. The zero-order valence-electron chi connectivity index (χ0n) is 9.86. The summed E-state index contributed by atoms with van der Waals surface area (Å²) in [6, 6.07) is 0.468. The van der Waals surface area contributed by atoms with Crippen molar-refractivity contribution in [2.24, 2.45) is 11.8 Å². The van der Waals surface area contributed by atoms with Crippen LogP contribution in [-0.4, -0.2) is 48.7 Å². The summed E-state index contributed by atoms with van der Waals surface area (Å²) >= 11 is 0. The number of hydrogen-bond acceptors (Lipinski definition) is 3. The molecule has 88 valence electrons. The predicted octanol–water partition coefficient (Wildman–Crippen LogP) is 0.637. The Kier molecular flexibility index (Phi) is 4.54. The van der Waals surface area contributed by atoms with Crippen LogP contribution in [0.5, 0.6) is 0 Å². The smallest absolute Gasteiger partial charge is 0.308 e. The Hall–Kier alpha value is -0.610. The SMILES string of the molecule is CC(C)C(CNC1CCN(C)C1)C(=O)O. The molecule has 15 heavy (non-hydrogen) atoms. The van der Waals surface area contributed by atoms with Crippen molar-refractivity contribution in [1.29, 1.82) is 0 Å². The summed E-state index contributed by atoms with van der Waals surface area (Å²) in [7, 11) is 2.10. The third-order valence-electron chi connectivity index (χ3n) is 3.14. The third-order valence-corrected chi connectivity index (χ3v) is 3.14. The molecule has 0 radical (unpaired) electrons. The van der Waals surface area contributed by atoms with Crippen LogP contribution in [0.1, 0.15) is 20.3 Å². The quantitative estimate of drug-likeness (QED) is 0.705. The van der Waals surface area contributed by atoms with Crippen LogP contribution < -0.4 is 5.32 Å². The van der Waals surface area contributed by atoms with Crippen molar-refractivity contribution < 1.29 is 9.90 Å². The maximum absolute atomic E-state index is 11.0. The highest BCUT2D eigenvalue weighted by atomic mass is 16.4. The Bertz CT molecular complexity index is 219. The van der Waals surface area contributed by atoms with Gasteiger partial charge in [0.1, 0.15) is 0 Å². The number of nitrogens with zero attached hydrogens (tertiary/aromatic N) is 1. The minimum absolute atomic E-state index is 0.189. The van der Waals surface area contributed by atoms with Crippen molar-refractivity contribution in [1.82, 2.24) is 10.2 Å². The van der Waals surface area contributed by atoms with Crippen LogP contribution in [0.25, 0.3) is 0 Å². The Morgan fingerprint density at radius 1 is 1.60 bits per heavy atom. The summed E-state index contributed by atoms with van der Waals surface area (Å²) in [5, 5.41) is 12.4. The van der Waals surface area contributed by atoms with E-state index in [1.807, 2.05) is 13.8 Å². The van der Waals surface area contributed by atoms with E-state index in [4.69, 9.17) is 5.11 Å². The Morgan fingerprint density at radius 3 is 2.67 bits per heavy atom. The Labute approximate surface area is 91.6 Å². The van der Waals surface area contributed by atoms with Gasteiger partial charge in [-0.15, -0.1) is 0 Å². The van der Waals surface area contributed by atoms with Gasteiger partial charge >= 0.3 is 5.97 Å². The van der Waals surface area contributed by atoms with Crippen LogP contribution in [0.2, 0.25) is 0 Å². The molecule has 0 aliphatic carbocycles. The minimum atomic E-state index is -0.691. The summed E-state index contributed by atoms with van der Waals surface area (Å²) in [6.07, 6.45) is 1.13. The molecule has 1 rings (SSSR count). The molecule has 0 aromatic heterocycles. The fourth-order valence-electron chi connectivity index (χ4n) is 2.00. The third kappa shape index (κ3) is 3.80. The van der Waals surface area contributed by atoms with Gasteiger partial charge in [0.25, 0.3) is 0 Å². The molecule has 0 bridgehead atoms. The highest BCUT2D eigenvalue weighted by molar-refractivity contribution is 5.70. The molecule has 0 amide bonds. The topological polar surface area (TPSA) is 52.6 Å². The van der Waals surface area contributed by atoms with Crippen molar-refractivity contribution in [3.63, 3.8) is 0 Å². The van der Waals surface area contributed by atoms with E-state index in [0.717, 1.165) is 19.5 Å². The summed E-state index contributed by atoms with van der Waals surface area (Å²) in [5.74, 6) is -0.770. The maximum atomic E-state index is 11.0. The van der Waals surface area contributed by atoms with E-state index < -0.39 is 5.97 Å². The molecule has 1 aliphatic heterocycles. The van der Waals surface area contributed by atoms with Crippen molar-refractivity contribution in [2.75, 3.05) is 26.7 Å². The van der Waals surface area contributed by atoms with Crippen LogP contribution in [0.15, 0.2) is 0 Å². The van der Waals surface area contributed by atoms with E-state index in [-0.39, 0.29) is 11.8 Å². The van der Waals surface area contributed by atoms with Gasteiger partial charge in [0.15, 0.2) is 0 Å². The first-order valence-electron chi connectivity index (χ1n) is 5.65. The summed E-state index contributed by atoms with van der Waals surface area (Å²) in [5.41, 5.74) is 0. The summed E-state index contributed by atoms with van der Waals surface area (Å²) in [4.78, 5) is 13.2. The first-order chi connectivity index (χ1) is 7.00. The monoisotopic (exact) mass is 214 g/mol. The molecule has 4 heteroatoms. The lowest BCUT2D eigenvalue weighted by molar-refractivity contribution is -0.143. The van der Waals surface area contributed by atoms with Crippen LogP contribution >= 0.6 is 0 Å². The number of aliphatic carboxylic acids is 1. The van der Waals surface area contributed by atoms with Crippen molar-refractivity contribution >= 4 is 5.97 Å². The molecule has 1 aliphatic rings. The van der Waals surface area contributed by atoms with Gasteiger partial charge in [0.2, 0.25) is 0 Å². The second-order valence-electron chi connectivity index (χ2n) is 4.84. The summed E-state index contributed by atoms with van der Waals surface area (Å²) in [6.45, 7) is 6.65. The predicted molar refractivity (Wildman–Crippen MR) is 59.9 cm³/mol. The normalized spacial score (nSPS) is 24.7. The minimum Gasteiger partial charge on any atom is -0.481 e. The highest BCUT2D eigenvalue weighted by Crippen LogP contribution is 2.12. The van der Waals surface area contributed by atoms with Gasteiger partial charge in [-0.05, 0) is 25.9 Å². The van der Waals surface area contributed by atoms with Gasteiger partial charge in [-0.3, -0.25) is 4.79 Å². The van der Waals surface area contributed by atoms with Crippen molar-refractivity contribution in [3.8, 4) is 0 Å². The molecule has 0 saturated carbocycles. The lowest BCUT2D eigenvalue weighted by Gasteiger charge is -2.19. The van der Waals surface area contributed by atoms with Crippen LogP contribution in [0.3, 0.4) is 0 Å². The summed E-state index contributed by atoms with van der Waals surface area (Å²) < 4.78 is 0. The number of likely N-dealkylation sites (tertiary alicyclic amines) is 1. The first kappa shape index (κ1) is 12.5. The molecule has 4 nitrogen and oxygen atoms in total. The maximum Gasteiger partial charge on any atom is 0.308 e. The van der Waals surface area contributed by atoms with Gasteiger partial charge in [0, 0.05) is 19.1 Å². The number of likely N-dealkylation sites (N-methyl/N-ethyl adjacent to an activating group) is 1. The fourth-order valence-corrected chi connectivity index (χ4v) is 2.00. The first-order valence-corrected chi connectivity index (χ1v) is 5.65. The van der Waals surface area contributed by atoms with E-state index in [1.165, 1.54) is 0 Å². The molecule has 0 aromatic rings. The lowest BCUT2D eigenvalue weighted by Crippen LogP contribution is -2.39. The zero-order chi connectivity index (χ0) is 11.4. The van der Waals surface area contributed by atoms with Gasteiger partial charge in [-0.25, -0.2) is 0 Å². The van der Waals surface area contributed by atoms with E-state index in [1.54, 1.807) is 0 Å². The van der Waals surface area contributed by atoms with Gasteiger partial charge in [-0.1, -0.05) is 13.8 Å². The van der Waals surface area contributed by atoms with Crippen molar-refractivity contribution in [3.05, 3.63) is 0 Å². The number of hydrogen-bond donors (Lipinski definition) is 2. The average molecular weight is 214 g/mol. The van der Waals surface area contributed by atoms with Gasteiger partial charge < -0.3 is 15.3 Å². The van der Waals surface area contributed by atoms with E-state index >= 15 is 0 Å². The number of nitrogens with one attached hydrogen (secondary N) is 1. The molecular weight excluding hydrogens is 192 g/mol. The molecule has 1 heterocycles. The number of carboxylic acid groups (broad SMARTS) is 1. The number of carboxylic acids is 1. The molecular formula is C11H22N2O2. The van der Waals surface area contributed by atoms with Gasteiger partial charge in [0.05, 0.1) is 5.92 Å². The van der Waals surface area contributed by atoms with E-state index in [0.29, 0.717) is 12.6 Å². The Morgan fingerprint density at radius 2 is 2.27 bits per heavy atom. The van der Waals surface area contributed by atoms with Crippen LogP contribution in [-0.2, 0) is 4.79 Å². The van der Waals surface area contributed by atoms with Crippen molar-refractivity contribution in [2.45, 2.75) is 26.3 Å². The molecule has 1 saturated heterocycles. The second-order valence-corrected chi connectivity index (χ2v) is 4.84. The zero-order valence-corrected chi connectivity index (χ0v) is 9.86. The Balaban J connectivity index is 2.31. The van der Waals surface area contributed by atoms with Gasteiger partial charge in [-0.2, -0.15) is 0 Å². The molecule has 0 aromatic carbocycles. The molecule has 0 spiro atoms. The molecule has 2 unspecified atom stereocenters. The molecule has 2 atom stereocenters. The lowest BCUT2D eigenvalue weighted by atomic mass is 9.96. The van der Waals surface area contributed by atoms with Crippen LogP contribution in [0, 0.1) is 11.8 Å². The molecule has 2 N–H and O–H groups in total. The second kappa shape index (κ2) is 5.47. The average Bonchev–Trinajstić information content (AvgIpc) is 2.50. The molecule has 1 fully saturated rings. The fraction of sp³-hybridized carbons (Fsp3) is 0.909. The van der Waals surface area contributed by atoms with Crippen LogP contribution in [0.4, 0.5) is 0 Å². The van der Waals surface area contributed by atoms with E-state index in [2.05, 4.69) is 17.3 Å². The standard InChI is InChI=1S/C11H22N2O2/c1-8(2)10(11(14)15)6-12-9-4-5-13(3)7-9/h8-10,12H,4-7H2,1-3H3,(H,14,15). The number of carbonyl (C=O) groups is 1.